The number of nitrogens with zero attached hydrogens (tertiary/aromatic N) is 5. The standard InChI is InChI=1S/C18H21N5O3/c1-10-7-14(16-11(2)21-26-17(16)19-10)18(25)22-5-4-6-23-13(9-22)8-15(20-23)12(3)24/h7-8,12,24H,4-6,9H2,1-3H3/t12-/m1/s1. The lowest BCUT2D eigenvalue weighted by molar-refractivity contribution is 0.0747. The number of aliphatic hydroxyl groups is 1. The number of aryl methyl sites for hydroxylation is 3. The van der Waals surface area contributed by atoms with E-state index in [1.807, 2.05) is 29.5 Å². The van der Waals surface area contributed by atoms with Gasteiger partial charge in [-0.1, -0.05) is 5.16 Å². The first-order valence-corrected chi connectivity index (χ1v) is 8.71. The van der Waals surface area contributed by atoms with Gasteiger partial charge in [0.05, 0.1) is 40.7 Å². The molecule has 0 spiro atoms. The maximum Gasteiger partial charge on any atom is 0.258 e. The van der Waals surface area contributed by atoms with Gasteiger partial charge in [0.15, 0.2) is 0 Å². The minimum atomic E-state index is -0.624. The summed E-state index contributed by atoms with van der Waals surface area (Å²) in [5.74, 6) is -0.0694. The summed E-state index contributed by atoms with van der Waals surface area (Å²) in [5.41, 5.74) is 3.89. The Morgan fingerprint density at radius 3 is 2.88 bits per heavy atom. The highest BCUT2D eigenvalue weighted by Gasteiger charge is 2.26. The van der Waals surface area contributed by atoms with Gasteiger partial charge in [0, 0.05) is 18.8 Å². The van der Waals surface area contributed by atoms with E-state index in [9.17, 15) is 9.90 Å². The molecule has 0 saturated carbocycles. The molecule has 26 heavy (non-hydrogen) atoms. The van der Waals surface area contributed by atoms with Gasteiger partial charge in [-0.2, -0.15) is 5.10 Å². The van der Waals surface area contributed by atoms with Crippen LogP contribution in [0.25, 0.3) is 11.1 Å². The number of hydrogen-bond donors (Lipinski definition) is 1. The van der Waals surface area contributed by atoms with Gasteiger partial charge < -0.3 is 14.5 Å². The van der Waals surface area contributed by atoms with Crippen LogP contribution in [0.3, 0.4) is 0 Å². The van der Waals surface area contributed by atoms with Crippen molar-refractivity contribution in [3.8, 4) is 0 Å². The second kappa shape index (κ2) is 6.21. The zero-order valence-electron chi connectivity index (χ0n) is 15.1. The molecule has 0 unspecified atom stereocenters. The van der Waals surface area contributed by atoms with Crippen molar-refractivity contribution in [1.82, 2.24) is 24.8 Å². The number of fused-ring (bicyclic) bond motifs is 2. The van der Waals surface area contributed by atoms with Crippen LogP contribution in [0, 0.1) is 13.8 Å². The molecule has 8 heteroatoms. The minimum Gasteiger partial charge on any atom is -0.387 e. The third-order valence-electron chi connectivity index (χ3n) is 4.72. The van der Waals surface area contributed by atoms with Crippen LogP contribution in [0.2, 0.25) is 0 Å². The molecule has 1 atom stereocenters. The summed E-state index contributed by atoms with van der Waals surface area (Å²) in [6.07, 6.45) is 0.177. The SMILES string of the molecule is Cc1cc(C(=O)N2CCCn3nc([C@@H](C)O)cc3C2)c2c(C)noc2n1. The molecular weight excluding hydrogens is 334 g/mol. The van der Waals surface area contributed by atoms with E-state index in [-0.39, 0.29) is 5.91 Å². The molecule has 136 valence electrons. The number of pyridine rings is 1. The van der Waals surface area contributed by atoms with Gasteiger partial charge in [0.1, 0.15) is 0 Å². The molecule has 1 amide bonds. The van der Waals surface area contributed by atoms with Crippen LogP contribution in [0.5, 0.6) is 0 Å². The number of aromatic nitrogens is 4. The third kappa shape index (κ3) is 2.76. The topological polar surface area (TPSA) is 97.3 Å². The van der Waals surface area contributed by atoms with Crippen molar-refractivity contribution >= 4 is 17.0 Å². The van der Waals surface area contributed by atoms with Gasteiger partial charge in [-0.05, 0) is 39.3 Å². The van der Waals surface area contributed by atoms with Crippen LogP contribution in [0.1, 0.15) is 52.6 Å². The molecule has 3 aromatic heterocycles. The lowest BCUT2D eigenvalue weighted by Crippen LogP contribution is -2.31. The molecule has 4 rings (SSSR count). The summed E-state index contributed by atoms with van der Waals surface area (Å²) in [7, 11) is 0. The maximum atomic E-state index is 13.3. The van der Waals surface area contributed by atoms with E-state index in [1.54, 1.807) is 13.0 Å². The Hall–Kier alpha value is -2.74. The zero-order valence-corrected chi connectivity index (χ0v) is 15.1. The van der Waals surface area contributed by atoms with E-state index < -0.39 is 6.10 Å². The van der Waals surface area contributed by atoms with Crippen LogP contribution in [0.4, 0.5) is 0 Å². The Morgan fingerprint density at radius 2 is 2.12 bits per heavy atom. The average molecular weight is 355 g/mol. The monoisotopic (exact) mass is 355 g/mol. The first-order chi connectivity index (χ1) is 12.4. The van der Waals surface area contributed by atoms with Crippen molar-refractivity contribution in [2.75, 3.05) is 6.54 Å². The summed E-state index contributed by atoms with van der Waals surface area (Å²) >= 11 is 0. The fourth-order valence-electron chi connectivity index (χ4n) is 3.42. The predicted octanol–water partition coefficient (Wildman–Crippen LogP) is 2.14. The number of carbonyl (C=O) groups excluding carboxylic acids is 1. The van der Waals surface area contributed by atoms with E-state index in [0.717, 1.165) is 18.7 Å². The molecule has 0 fully saturated rings. The van der Waals surface area contributed by atoms with Gasteiger partial charge in [-0.25, -0.2) is 4.98 Å². The quantitative estimate of drug-likeness (QED) is 0.756. The summed E-state index contributed by atoms with van der Waals surface area (Å²) in [5, 5.41) is 18.8. The molecule has 0 aromatic carbocycles. The van der Waals surface area contributed by atoms with Gasteiger partial charge in [0.25, 0.3) is 11.6 Å². The Kier molecular flexibility index (Phi) is 3.99. The molecule has 4 heterocycles. The summed E-state index contributed by atoms with van der Waals surface area (Å²) in [6, 6.07) is 3.66. The highest BCUT2D eigenvalue weighted by molar-refractivity contribution is 6.06. The van der Waals surface area contributed by atoms with Crippen molar-refractivity contribution in [3.63, 3.8) is 0 Å². The highest BCUT2D eigenvalue weighted by Crippen LogP contribution is 2.25. The smallest absolute Gasteiger partial charge is 0.258 e. The average Bonchev–Trinajstić information content (AvgIpc) is 3.11. The molecular formula is C18H21N5O3. The van der Waals surface area contributed by atoms with Crippen molar-refractivity contribution in [3.05, 3.63) is 40.5 Å². The maximum absolute atomic E-state index is 13.3. The van der Waals surface area contributed by atoms with Crippen molar-refractivity contribution < 1.29 is 14.4 Å². The minimum absolute atomic E-state index is 0.0694. The van der Waals surface area contributed by atoms with E-state index in [1.165, 1.54) is 0 Å². The lowest BCUT2D eigenvalue weighted by Gasteiger charge is -2.20. The van der Waals surface area contributed by atoms with Crippen LogP contribution in [-0.4, -0.2) is 42.4 Å². The molecule has 3 aromatic rings. The Bertz CT molecular complexity index is 988. The second-order valence-electron chi connectivity index (χ2n) is 6.80. The van der Waals surface area contributed by atoms with E-state index in [4.69, 9.17) is 4.52 Å². The molecule has 8 nitrogen and oxygen atoms in total. The van der Waals surface area contributed by atoms with Crippen molar-refractivity contribution in [2.24, 2.45) is 0 Å². The first-order valence-electron chi connectivity index (χ1n) is 8.71. The first kappa shape index (κ1) is 16.7. The molecule has 1 aliphatic heterocycles. The molecule has 1 N–H and O–H groups in total. The summed E-state index contributed by atoms with van der Waals surface area (Å²) in [6.45, 7) is 7.15. The van der Waals surface area contributed by atoms with Gasteiger partial charge >= 0.3 is 0 Å². The number of carbonyl (C=O) groups is 1. The van der Waals surface area contributed by atoms with Crippen LogP contribution < -0.4 is 0 Å². The van der Waals surface area contributed by atoms with E-state index in [2.05, 4.69) is 15.2 Å². The van der Waals surface area contributed by atoms with Gasteiger partial charge in [-0.15, -0.1) is 0 Å². The Labute approximate surface area is 150 Å². The van der Waals surface area contributed by atoms with E-state index in [0.29, 0.717) is 46.8 Å². The third-order valence-corrected chi connectivity index (χ3v) is 4.72. The van der Waals surface area contributed by atoms with Gasteiger partial charge in [0.2, 0.25) is 0 Å². The molecule has 0 saturated heterocycles. The zero-order chi connectivity index (χ0) is 18.4. The van der Waals surface area contributed by atoms with Crippen molar-refractivity contribution in [1.29, 1.82) is 0 Å². The van der Waals surface area contributed by atoms with E-state index >= 15 is 0 Å². The van der Waals surface area contributed by atoms with Crippen molar-refractivity contribution in [2.45, 2.75) is 46.4 Å². The second-order valence-corrected chi connectivity index (χ2v) is 6.80. The molecule has 0 aliphatic carbocycles. The van der Waals surface area contributed by atoms with Gasteiger partial charge in [-0.3, -0.25) is 9.48 Å². The Morgan fingerprint density at radius 1 is 1.31 bits per heavy atom. The van der Waals surface area contributed by atoms with Crippen LogP contribution in [0.15, 0.2) is 16.7 Å². The molecule has 1 aliphatic rings. The summed E-state index contributed by atoms with van der Waals surface area (Å²) in [4.78, 5) is 19.4. The molecule has 0 bridgehead atoms. The predicted molar refractivity (Wildman–Crippen MR) is 93.5 cm³/mol. The number of hydrogen-bond acceptors (Lipinski definition) is 6. The fraction of sp³-hybridized carbons (Fsp3) is 0.444. The van der Waals surface area contributed by atoms with Crippen LogP contribution >= 0.6 is 0 Å². The number of rotatable bonds is 2. The largest absolute Gasteiger partial charge is 0.387 e. The summed E-state index contributed by atoms with van der Waals surface area (Å²) < 4.78 is 7.13. The fourth-order valence-corrected chi connectivity index (χ4v) is 3.42. The lowest BCUT2D eigenvalue weighted by atomic mass is 10.1. The number of amides is 1. The Balaban J connectivity index is 1.71. The van der Waals surface area contributed by atoms with Crippen LogP contribution in [-0.2, 0) is 13.1 Å². The highest BCUT2D eigenvalue weighted by atomic mass is 16.5. The molecule has 0 radical (unpaired) electrons. The number of aliphatic hydroxyl groups excluding tert-OH is 1. The normalized spacial score (nSPS) is 15.8.